The number of phenols is 2. The summed E-state index contributed by atoms with van der Waals surface area (Å²) in [4.78, 5) is 23.4. The standard InChI is InChI=1S/C16H24N2O6/c1-17-7-3-4-15(21)23-10-24-16(22)12(18-2)8-11-5-6-13(19)14(20)9-11/h5-6,9,12,17-20H,3-4,7-8,10H2,1-2H3/t12-/m0/s1. The molecular formula is C16H24N2O6. The molecule has 0 unspecified atom stereocenters. The number of hydrogen-bond acceptors (Lipinski definition) is 8. The Morgan fingerprint density at radius 2 is 1.92 bits per heavy atom. The first-order chi connectivity index (χ1) is 11.5. The van der Waals surface area contributed by atoms with Crippen molar-refractivity contribution in [1.82, 2.24) is 10.6 Å². The Labute approximate surface area is 140 Å². The van der Waals surface area contributed by atoms with Crippen molar-refractivity contribution in [3.8, 4) is 11.5 Å². The number of rotatable bonds is 10. The van der Waals surface area contributed by atoms with Crippen LogP contribution in [-0.4, -0.2) is 55.6 Å². The lowest BCUT2D eigenvalue weighted by atomic mass is 10.1. The van der Waals surface area contributed by atoms with Crippen LogP contribution in [0, 0.1) is 0 Å². The zero-order chi connectivity index (χ0) is 17.9. The number of phenolic OH excluding ortho intramolecular Hbond substituents is 2. The minimum Gasteiger partial charge on any atom is -0.504 e. The van der Waals surface area contributed by atoms with E-state index in [1.54, 1.807) is 20.2 Å². The molecule has 0 bridgehead atoms. The molecule has 1 aromatic rings. The van der Waals surface area contributed by atoms with E-state index in [-0.39, 0.29) is 24.3 Å². The molecule has 24 heavy (non-hydrogen) atoms. The van der Waals surface area contributed by atoms with Crippen molar-refractivity contribution in [2.24, 2.45) is 0 Å². The Hall–Kier alpha value is -2.32. The highest BCUT2D eigenvalue weighted by molar-refractivity contribution is 5.76. The van der Waals surface area contributed by atoms with Crippen LogP contribution < -0.4 is 10.6 Å². The molecule has 1 rings (SSSR count). The van der Waals surface area contributed by atoms with Crippen LogP contribution in [0.15, 0.2) is 18.2 Å². The lowest BCUT2D eigenvalue weighted by Gasteiger charge is -2.15. The Kier molecular flexibility index (Phi) is 8.59. The van der Waals surface area contributed by atoms with Crippen molar-refractivity contribution in [2.75, 3.05) is 27.4 Å². The predicted octanol–water partition coefficient (Wildman–Crippen LogP) is 0.272. The van der Waals surface area contributed by atoms with Gasteiger partial charge in [-0.25, -0.2) is 0 Å². The number of ether oxygens (including phenoxy) is 2. The predicted molar refractivity (Wildman–Crippen MR) is 86.5 cm³/mol. The Morgan fingerprint density at radius 1 is 1.17 bits per heavy atom. The molecule has 8 nitrogen and oxygen atoms in total. The molecular weight excluding hydrogens is 316 g/mol. The van der Waals surface area contributed by atoms with Gasteiger partial charge in [-0.3, -0.25) is 9.59 Å². The van der Waals surface area contributed by atoms with Gasteiger partial charge in [0.2, 0.25) is 6.79 Å². The van der Waals surface area contributed by atoms with Gasteiger partial charge in [-0.1, -0.05) is 6.07 Å². The number of aromatic hydroxyl groups is 2. The van der Waals surface area contributed by atoms with Crippen molar-refractivity contribution < 1.29 is 29.3 Å². The monoisotopic (exact) mass is 340 g/mol. The molecule has 1 aromatic carbocycles. The Morgan fingerprint density at radius 3 is 2.54 bits per heavy atom. The summed E-state index contributed by atoms with van der Waals surface area (Å²) in [6, 6.07) is 3.63. The zero-order valence-corrected chi connectivity index (χ0v) is 13.9. The van der Waals surface area contributed by atoms with E-state index >= 15 is 0 Å². The number of carbonyl (C=O) groups excluding carboxylic acids is 2. The highest BCUT2D eigenvalue weighted by Crippen LogP contribution is 2.25. The lowest BCUT2D eigenvalue weighted by Crippen LogP contribution is -2.38. The van der Waals surface area contributed by atoms with Crippen LogP contribution in [0.4, 0.5) is 0 Å². The van der Waals surface area contributed by atoms with Crippen LogP contribution in [0.5, 0.6) is 11.5 Å². The van der Waals surface area contributed by atoms with Gasteiger partial charge < -0.3 is 30.3 Å². The third-order valence-electron chi connectivity index (χ3n) is 3.34. The van der Waals surface area contributed by atoms with Gasteiger partial charge in [0.25, 0.3) is 0 Å². The summed E-state index contributed by atoms with van der Waals surface area (Å²) < 4.78 is 9.75. The first-order valence-electron chi connectivity index (χ1n) is 7.63. The van der Waals surface area contributed by atoms with E-state index in [1.807, 2.05) is 0 Å². The number of hydrogen-bond donors (Lipinski definition) is 4. The molecule has 134 valence electrons. The van der Waals surface area contributed by atoms with Crippen LogP contribution in [0.25, 0.3) is 0 Å². The second-order valence-corrected chi connectivity index (χ2v) is 5.17. The fourth-order valence-electron chi connectivity index (χ4n) is 1.97. The van der Waals surface area contributed by atoms with Crippen LogP contribution in [0.1, 0.15) is 18.4 Å². The first kappa shape index (κ1) is 19.7. The van der Waals surface area contributed by atoms with E-state index in [9.17, 15) is 19.8 Å². The molecule has 0 radical (unpaired) electrons. The average Bonchev–Trinajstić information content (AvgIpc) is 2.56. The summed E-state index contributed by atoms with van der Waals surface area (Å²) in [5.41, 5.74) is 0.644. The highest BCUT2D eigenvalue weighted by Gasteiger charge is 2.19. The van der Waals surface area contributed by atoms with Gasteiger partial charge in [-0.2, -0.15) is 0 Å². The fraction of sp³-hybridized carbons (Fsp3) is 0.500. The van der Waals surface area contributed by atoms with Gasteiger partial charge in [-0.05, 0) is 51.2 Å². The van der Waals surface area contributed by atoms with E-state index in [0.29, 0.717) is 18.5 Å². The van der Waals surface area contributed by atoms with Gasteiger partial charge >= 0.3 is 11.9 Å². The topological polar surface area (TPSA) is 117 Å². The van der Waals surface area contributed by atoms with Crippen molar-refractivity contribution >= 4 is 11.9 Å². The molecule has 0 aliphatic carbocycles. The summed E-state index contributed by atoms with van der Waals surface area (Å²) in [6.45, 7) is 0.270. The first-order valence-corrected chi connectivity index (χ1v) is 7.63. The highest BCUT2D eigenvalue weighted by atomic mass is 16.7. The zero-order valence-electron chi connectivity index (χ0n) is 13.9. The van der Waals surface area contributed by atoms with Gasteiger partial charge in [0, 0.05) is 6.42 Å². The summed E-state index contributed by atoms with van der Waals surface area (Å²) in [7, 11) is 3.38. The van der Waals surface area contributed by atoms with E-state index in [1.165, 1.54) is 12.1 Å². The maximum atomic E-state index is 12.0. The number of likely N-dealkylation sites (N-methyl/N-ethyl adjacent to an activating group) is 1. The Bertz CT molecular complexity index is 549. The molecule has 0 saturated heterocycles. The van der Waals surface area contributed by atoms with E-state index in [0.717, 1.165) is 0 Å². The molecule has 0 amide bonds. The smallest absolute Gasteiger partial charge is 0.326 e. The van der Waals surface area contributed by atoms with Crippen molar-refractivity contribution in [3.63, 3.8) is 0 Å². The van der Waals surface area contributed by atoms with E-state index in [2.05, 4.69) is 10.6 Å². The second-order valence-electron chi connectivity index (χ2n) is 5.17. The van der Waals surface area contributed by atoms with Crippen molar-refractivity contribution in [1.29, 1.82) is 0 Å². The fourth-order valence-corrected chi connectivity index (χ4v) is 1.97. The third kappa shape index (κ3) is 6.84. The van der Waals surface area contributed by atoms with Gasteiger partial charge in [-0.15, -0.1) is 0 Å². The minimum absolute atomic E-state index is 0.229. The van der Waals surface area contributed by atoms with Gasteiger partial charge in [0.15, 0.2) is 11.5 Å². The van der Waals surface area contributed by atoms with Crippen LogP contribution in [0.2, 0.25) is 0 Å². The molecule has 0 aliphatic rings. The molecule has 8 heteroatoms. The summed E-state index contributed by atoms with van der Waals surface area (Å²) in [5.74, 6) is -1.49. The van der Waals surface area contributed by atoms with Crippen LogP contribution >= 0.6 is 0 Å². The van der Waals surface area contributed by atoms with Gasteiger partial charge in [0.1, 0.15) is 6.04 Å². The molecule has 0 aromatic heterocycles. The van der Waals surface area contributed by atoms with Crippen molar-refractivity contribution in [3.05, 3.63) is 23.8 Å². The number of benzene rings is 1. The number of carbonyl (C=O) groups is 2. The summed E-state index contributed by atoms with van der Waals surface area (Å²) >= 11 is 0. The number of esters is 2. The quantitative estimate of drug-likeness (QED) is 0.208. The molecule has 0 aliphatic heterocycles. The normalized spacial score (nSPS) is 11.8. The molecule has 4 N–H and O–H groups in total. The largest absolute Gasteiger partial charge is 0.504 e. The summed E-state index contributed by atoms with van der Waals surface area (Å²) in [5, 5.41) is 24.5. The maximum Gasteiger partial charge on any atom is 0.326 e. The van der Waals surface area contributed by atoms with Crippen LogP contribution in [0.3, 0.4) is 0 Å². The third-order valence-corrected chi connectivity index (χ3v) is 3.34. The second kappa shape index (κ2) is 10.5. The molecule has 0 fully saturated rings. The maximum absolute atomic E-state index is 12.0. The van der Waals surface area contributed by atoms with Gasteiger partial charge in [0.05, 0.1) is 0 Å². The number of nitrogens with one attached hydrogen (secondary N) is 2. The average molecular weight is 340 g/mol. The molecule has 0 heterocycles. The molecule has 1 atom stereocenters. The summed E-state index contributed by atoms with van der Waals surface area (Å²) in [6.07, 6.45) is 1.15. The van der Waals surface area contributed by atoms with E-state index in [4.69, 9.17) is 9.47 Å². The SMILES string of the molecule is CNCCCC(=O)OCOC(=O)[C@H](Cc1ccc(O)c(O)c1)NC. The van der Waals surface area contributed by atoms with E-state index < -0.39 is 24.8 Å². The Balaban J connectivity index is 2.40. The molecule has 0 saturated carbocycles. The molecule has 0 spiro atoms. The lowest BCUT2D eigenvalue weighted by molar-refractivity contribution is -0.168. The minimum atomic E-state index is -0.670. The van der Waals surface area contributed by atoms with Crippen molar-refractivity contribution in [2.45, 2.75) is 25.3 Å². The van der Waals surface area contributed by atoms with Crippen LogP contribution in [-0.2, 0) is 25.5 Å².